The van der Waals surface area contributed by atoms with Crippen molar-refractivity contribution in [2.24, 2.45) is 0 Å². The molecule has 2 aromatic rings. The first-order chi connectivity index (χ1) is 18.5. The number of nitrogens with zero attached hydrogens (tertiary/aromatic N) is 2. The first-order valence-corrected chi connectivity index (χ1v) is 14.0. The van der Waals surface area contributed by atoms with Gasteiger partial charge in [-0.3, -0.25) is 4.79 Å². The first kappa shape index (κ1) is 29.6. The Balaban J connectivity index is 1.22. The highest BCUT2D eigenvalue weighted by atomic mass is 35.5. The van der Waals surface area contributed by atoms with Gasteiger partial charge in [0.25, 0.3) is 5.91 Å². The number of carbonyl (C=O) groups is 2. The third kappa shape index (κ3) is 7.86. The zero-order valence-corrected chi connectivity index (χ0v) is 24.5. The number of benzene rings is 2. The van der Waals surface area contributed by atoms with Gasteiger partial charge in [-0.05, 0) is 68.3 Å². The summed E-state index contributed by atoms with van der Waals surface area (Å²) in [5, 5.41) is 3.95. The summed E-state index contributed by atoms with van der Waals surface area (Å²) in [6.45, 7) is 10.1. The van der Waals surface area contributed by atoms with Gasteiger partial charge in [-0.15, -0.1) is 0 Å². The molecule has 2 heterocycles. The van der Waals surface area contributed by atoms with Crippen LogP contribution < -0.4 is 5.32 Å². The summed E-state index contributed by atoms with van der Waals surface area (Å²) in [4.78, 5) is 28.8. The number of hydrogen-bond donors (Lipinski definition) is 1. The summed E-state index contributed by atoms with van der Waals surface area (Å²) >= 11 is 12.9. The number of nitrogens with one attached hydrogen (secondary N) is 1. The summed E-state index contributed by atoms with van der Waals surface area (Å²) in [6, 6.07) is 9.99. The van der Waals surface area contributed by atoms with E-state index in [4.69, 9.17) is 37.4 Å². The second-order valence-corrected chi connectivity index (χ2v) is 11.8. The largest absolute Gasteiger partial charge is 0.444 e. The van der Waals surface area contributed by atoms with Crippen LogP contribution in [0, 0.1) is 0 Å². The van der Waals surface area contributed by atoms with Crippen molar-refractivity contribution in [2.45, 2.75) is 45.4 Å². The Bertz CT molecular complexity index is 1200. The summed E-state index contributed by atoms with van der Waals surface area (Å²) in [7, 11) is 2.08. The summed E-state index contributed by atoms with van der Waals surface area (Å²) in [5.41, 5.74) is 4.55. The predicted octanol–water partition coefficient (Wildman–Crippen LogP) is 5.08. The minimum absolute atomic E-state index is 0.0217. The van der Waals surface area contributed by atoms with E-state index in [9.17, 15) is 9.59 Å². The van der Waals surface area contributed by atoms with Gasteiger partial charge in [0.05, 0.1) is 26.4 Å². The third-order valence-electron chi connectivity index (χ3n) is 6.70. The quantitative estimate of drug-likeness (QED) is 0.396. The van der Waals surface area contributed by atoms with E-state index in [2.05, 4.69) is 29.4 Å². The molecule has 39 heavy (non-hydrogen) atoms. The molecule has 0 saturated carbocycles. The van der Waals surface area contributed by atoms with Gasteiger partial charge in [-0.2, -0.15) is 0 Å². The van der Waals surface area contributed by atoms with Crippen LogP contribution in [0.2, 0.25) is 10.0 Å². The van der Waals surface area contributed by atoms with Crippen molar-refractivity contribution in [1.82, 2.24) is 15.1 Å². The van der Waals surface area contributed by atoms with Gasteiger partial charge in [0.2, 0.25) is 0 Å². The minimum Gasteiger partial charge on any atom is -0.444 e. The van der Waals surface area contributed by atoms with E-state index in [0.717, 1.165) is 40.9 Å². The third-order valence-corrected chi connectivity index (χ3v) is 7.26. The minimum atomic E-state index is -0.526. The van der Waals surface area contributed by atoms with E-state index in [0.29, 0.717) is 56.1 Å². The average molecular weight is 579 g/mol. The summed E-state index contributed by atoms with van der Waals surface area (Å²) in [6.07, 6.45) is -0.463. The van der Waals surface area contributed by atoms with E-state index in [1.165, 1.54) is 0 Å². The van der Waals surface area contributed by atoms with Crippen LogP contribution in [0.3, 0.4) is 0 Å². The lowest BCUT2D eigenvalue weighted by atomic mass is 9.84. The van der Waals surface area contributed by atoms with Crippen LogP contribution in [0.15, 0.2) is 30.3 Å². The Kier molecular flexibility index (Phi) is 9.78. The van der Waals surface area contributed by atoms with Crippen LogP contribution >= 0.6 is 23.2 Å². The van der Waals surface area contributed by atoms with Crippen molar-refractivity contribution >= 4 is 35.2 Å². The number of likely N-dealkylation sites (N-methyl/N-ethyl adjacent to an activating group) is 1. The van der Waals surface area contributed by atoms with Gasteiger partial charge < -0.3 is 29.3 Å². The molecule has 0 aliphatic carbocycles. The van der Waals surface area contributed by atoms with Crippen LogP contribution in [-0.4, -0.2) is 80.5 Å². The van der Waals surface area contributed by atoms with E-state index in [-0.39, 0.29) is 11.8 Å². The molecule has 0 bridgehead atoms. The molecule has 0 radical (unpaired) electrons. The van der Waals surface area contributed by atoms with Gasteiger partial charge in [-0.1, -0.05) is 35.3 Å². The maximum Gasteiger partial charge on any atom is 0.407 e. The zero-order chi connectivity index (χ0) is 28.2. The number of halogens is 2. The topological polar surface area (TPSA) is 80.3 Å². The molecule has 1 N–H and O–H groups in total. The zero-order valence-electron chi connectivity index (χ0n) is 23.0. The lowest BCUT2D eigenvalue weighted by Gasteiger charge is -2.33. The molecule has 0 aromatic heterocycles. The normalized spacial score (nSPS) is 17.2. The maximum absolute atomic E-state index is 13.2. The Morgan fingerprint density at radius 3 is 2.54 bits per heavy atom. The molecule has 10 heteroatoms. The molecule has 0 fully saturated rings. The van der Waals surface area contributed by atoms with Crippen LogP contribution in [-0.2, 0) is 27.3 Å². The average Bonchev–Trinajstić information content (AvgIpc) is 3.16. The van der Waals surface area contributed by atoms with Crippen LogP contribution in [0.5, 0.6) is 0 Å². The van der Waals surface area contributed by atoms with E-state index < -0.39 is 11.7 Å². The number of fused-ring (bicyclic) bond motifs is 2. The highest BCUT2D eigenvalue weighted by molar-refractivity contribution is 6.35. The monoisotopic (exact) mass is 577 g/mol. The fourth-order valence-corrected chi connectivity index (χ4v) is 5.51. The summed E-state index contributed by atoms with van der Waals surface area (Å²) < 4.78 is 16.3. The number of amides is 2. The molecular formula is C29H37Cl2N3O5. The van der Waals surface area contributed by atoms with Crippen LogP contribution in [0.25, 0.3) is 0 Å². The van der Waals surface area contributed by atoms with Gasteiger partial charge in [0, 0.05) is 54.3 Å². The molecule has 4 rings (SSSR count). The smallest absolute Gasteiger partial charge is 0.407 e. The number of hydrogen-bond acceptors (Lipinski definition) is 6. The van der Waals surface area contributed by atoms with E-state index in [1.54, 1.807) is 6.07 Å². The fraction of sp³-hybridized carbons (Fsp3) is 0.517. The molecule has 0 spiro atoms. The Labute approximate surface area is 240 Å². The Morgan fingerprint density at radius 1 is 1.05 bits per heavy atom. The van der Waals surface area contributed by atoms with Crippen molar-refractivity contribution in [3.63, 3.8) is 0 Å². The van der Waals surface area contributed by atoms with Crippen molar-refractivity contribution in [1.29, 1.82) is 0 Å². The molecule has 212 valence electrons. The first-order valence-electron chi connectivity index (χ1n) is 13.2. The highest BCUT2D eigenvalue weighted by Crippen LogP contribution is 2.39. The van der Waals surface area contributed by atoms with Gasteiger partial charge in [0.15, 0.2) is 0 Å². The second kappa shape index (κ2) is 12.9. The lowest BCUT2D eigenvalue weighted by Crippen LogP contribution is -2.34. The SMILES string of the molecule is CN1Cc2c(Cl)cc(Cl)cc2C(c2ccc3c(c2)C(=O)N(CCOCCOCCNC(=O)OC(C)(C)C)C3)C1. The number of carbonyl (C=O) groups excluding carboxylic acids is 2. The van der Waals surface area contributed by atoms with Crippen molar-refractivity contribution in [3.05, 3.63) is 68.2 Å². The molecule has 0 saturated heterocycles. The van der Waals surface area contributed by atoms with E-state index in [1.807, 2.05) is 37.8 Å². The molecule has 1 unspecified atom stereocenters. The molecule has 2 aliphatic heterocycles. The summed E-state index contributed by atoms with van der Waals surface area (Å²) in [5.74, 6) is 0.109. The van der Waals surface area contributed by atoms with Gasteiger partial charge >= 0.3 is 6.09 Å². The molecule has 2 aliphatic rings. The number of alkyl carbamates (subject to hydrolysis) is 1. The molecule has 2 aromatic carbocycles. The van der Waals surface area contributed by atoms with Crippen LogP contribution in [0.1, 0.15) is 59.3 Å². The Morgan fingerprint density at radius 2 is 1.79 bits per heavy atom. The fourth-order valence-electron chi connectivity index (χ4n) is 4.94. The van der Waals surface area contributed by atoms with Crippen molar-refractivity contribution in [3.8, 4) is 0 Å². The molecular weight excluding hydrogens is 541 g/mol. The Hall–Kier alpha value is -2.36. The van der Waals surface area contributed by atoms with Crippen LogP contribution in [0.4, 0.5) is 4.79 Å². The van der Waals surface area contributed by atoms with E-state index >= 15 is 0 Å². The van der Waals surface area contributed by atoms with Crippen molar-refractivity contribution < 1.29 is 23.8 Å². The highest BCUT2D eigenvalue weighted by Gasteiger charge is 2.31. The standard InChI is InChI=1S/C29H37Cl2N3O5/c1-29(2,3)39-28(36)32-7-9-37-11-12-38-10-8-34-16-20-6-5-19(13-22(20)27(34)35)24-17-33(4)18-25-23(24)14-21(30)15-26(25)31/h5-6,13-15,24H,7-12,16-18H2,1-4H3,(H,32,36). The molecule has 1 atom stereocenters. The predicted molar refractivity (Wildman–Crippen MR) is 152 cm³/mol. The second-order valence-electron chi connectivity index (χ2n) is 11.0. The number of ether oxygens (including phenoxy) is 3. The van der Waals surface area contributed by atoms with Gasteiger partial charge in [-0.25, -0.2) is 4.79 Å². The maximum atomic E-state index is 13.2. The molecule has 8 nitrogen and oxygen atoms in total. The number of rotatable bonds is 10. The molecule has 2 amide bonds. The van der Waals surface area contributed by atoms with Gasteiger partial charge in [0.1, 0.15) is 5.60 Å². The van der Waals surface area contributed by atoms with Crippen molar-refractivity contribution in [2.75, 3.05) is 53.1 Å². The lowest BCUT2D eigenvalue weighted by molar-refractivity contribution is 0.0331.